The highest BCUT2D eigenvalue weighted by Crippen LogP contribution is 2.22. The fourth-order valence-electron chi connectivity index (χ4n) is 2.78. The summed E-state index contributed by atoms with van der Waals surface area (Å²) in [6, 6.07) is 0.240. The van der Waals surface area contributed by atoms with Crippen molar-refractivity contribution in [1.82, 2.24) is 15.5 Å². The number of ether oxygens (including phenoxy) is 2. The highest BCUT2D eigenvalue weighted by molar-refractivity contribution is 5.77. The van der Waals surface area contributed by atoms with Crippen LogP contribution in [0.5, 0.6) is 0 Å². The van der Waals surface area contributed by atoms with Crippen LogP contribution < -0.4 is 10.6 Å². The minimum atomic E-state index is -0.115. The molecule has 7 heteroatoms. The predicted octanol–water partition coefficient (Wildman–Crippen LogP) is 0.100. The summed E-state index contributed by atoms with van der Waals surface area (Å²) in [5.74, 6) is 0.0143. The van der Waals surface area contributed by atoms with E-state index < -0.39 is 0 Å². The number of rotatable bonds is 5. The van der Waals surface area contributed by atoms with E-state index in [4.69, 9.17) is 9.47 Å². The predicted molar refractivity (Wildman–Crippen MR) is 77.0 cm³/mol. The molecule has 2 rings (SSSR count). The molecule has 0 aromatic heterocycles. The number of piperidine rings is 1. The summed E-state index contributed by atoms with van der Waals surface area (Å²) in [5.41, 5.74) is 0. The number of likely N-dealkylation sites (tertiary alicyclic amines) is 1. The van der Waals surface area contributed by atoms with E-state index in [-0.39, 0.29) is 36.7 Å². The Morgan fingerprint density at radius 2 is 1.71 bits per heavy atom. The van der Waals surface area contributed by atoms with Gasteiger partial charge in [0, 0.05) is 39.4 Å². The average Bonchev–Trinajstić information content (AvgIpc) is 2.43. The summed E-state index contributed by atoms with van der Waals surface area (Å²) in [7, 11) is 3.21. The van der Waals surface area contributed by atoms with Crippen molar-refractivity contribution in [3.8, 4) is 0 Å². The van der Waals surface area contributed by atoms with Gasteiger partial charge in [-0.3, -0.25) is 4.79 Å². The third-order valence-electron chi connectivity index (χ3n) is 4.21. The molecule has 0 aromatic rings. The van der Waals surface area contributed by atoms with Gasteiger partial charge >= 0.3 is 6.03 Å². The molecule has 21 heavy (non-hydrogen) atoms. The van der Waals surface area contributed by atoms with Gasteiger partial charge in [-0.2, -0.15) is 0 Å². The summed E-state index contributed by atoms with van der Waals surface area (Å²) in [6.45, 7) is 1.46. The molecule has 2 fully saturated rings. The van der Waals surface area contributed by atoms with Crippen molar-refractivity contribution in [3.63, 3.8) is 0 Å². The van der Waals surface area contributed by atoms with Crippen molar-refractivity contribution in [2.24, 2.45) is 0 Å². The van der Waals surface area contributed by atoms with E-state index in [0.717, 1.165) is 25.7 Å². The molecule has 7 nitrogen and oxygen atoms in total. The second-order valence-electron chi connectivity index (χ2n) is 5.73. The molecule has 0 radical (unpaired) electrons. The van der Waals surface area contributed by atoms with Crippen molar-refractivity contribution in [1.29, 1.82) is 0 Å². The molecule has 1 aliphatic heterocycles. The molecule has 2 N–H and O–H groups in total. The zero-order valence-corrected chi connectivity index (χ0v) is 12.8. The van der Waals surface area contributed by atoms with Gasteiger partial charge in [-0.25, -0.2) is 4.79 Å². The van der Waals surface area contributed by atoms with Gasteiger partial charge < -0.3 is 25.0 Å². The number of methoxy groups -OCH3 is 2. The molecule has 3 amide bonds. The Kier molecular flexibility index (Phi) is 5.81. The van der Waals surface area contributed by atoms with E-state index in [0.29, 0.717) is 13.1 Å². The van der Waals surface area contributed by atoms with E-state index in [2.05, 4.69) is 10.6 Å². The molecule has 1 aliphatic carbocycles. The quantitative estimate of drug-likeness (QED) is 0.754. The highest BCUT2D eigenvalue weighted by Gasteiger charge is 2.31. The van der Waals surface area contributed by atoms with Gasteiger partial charge in [0.15, 0.2) is 0 Å². The van der Waals surface area contributed by atoms with Crippen LogP contribution in [0.1, 0.15) is 25.7 Å². The Hall–Kier alpha value is -1.34. The highest BCUT2D eigenvalue weighted by atomic mass is 16.5. The molecule has 1 heterocycles. The Morgan fingerprint density at radius 1 is 1.10 bits per heavy atom. The molecule has 120 valence electrons. The lowest BCUT2D eigenvalue weighted by atomic mass is 9.89. The number of carbonyl (C=O) groups is 2. The number of amides is 3. The van der Waals surface area contributed by atoms with Gasteiger partial charge in [-0.15, -0.1) is 0 Å². The minimum Gasteiger partial charge on any atom is -0.381 e. The average molecular weight is 299 g/mol. The first kappa shape index (κ1) is 16.0. The summed E-state index contributed by atoms with van der Waals surface area (Å²) < 4.78 is 10.0. The van der Waals surface area contributed by atoms with E-state index in [1.165, 1.54) is 7.11 Å². The van der Waals surface area contributed by atoms with E-state index in [9.17, 15) is 9.59 Å². The summed E-state index contributed by atoms with van der Waals surface area (Å²) in [6.07, 6.45) is 3.62. The first-order valence-corrected chi connectivity index (χ1v) is 7.49. The van der Waals surface area contributed by atoms with E-state index in [1.54, 1.807) is 12.0 Å². The number of hydrogen-bond acceptors (Lipinski definition) is 4. The van der Waals surface area contributed by atoms with Crippen LogP contribution in [0.2, 0.25) is 0 Å². The zero-order valence-electron chi connectivity index (χ0n) is 12.8. The monoisotopic (exact) mass is 299 g/mol. The van der Waals surface area contributed by atoms with Crippen molar-refractivity contribution in [2.75, 3.05) is 33.9 Å². The topological polar surface area (TPSA) is 79.9 Å². The zero-order chi connectivity index (χ0) is 15.2. The fraction of sp³-hybridized carbons (Fsp3) is 0.857. The van der Waals surface area contributed by atoms with Gasteiger partial charge in [0.25, 0.3) is 0 Å². The molecule has 1 saturated heterocycles. The maximum atomic E-state index is 11.9. The van der Waals surface area contributed by atoms with Crippen LogP contribution in [0, 0.1) is 0 Å². The van der Waals surface area contributed by atoms with Crippen LogP contribution in [-0.4, -0.2) is 68.9 Å². The molecule has 0 atom stereocenters. The standard InChI is InChI=1S/C14H25N3O4/c1-20-9-13(18)17-5-3-10(4-6-17)15-14(19)16-11-7-12(8-11)21-2/h10-12H,3-9H2,1-2H3,(H2,15,16,19). The first-order valence-electron chi connectivity index (χ1n) is 7.49. The lowest BCUT2D eigenvalue weighted by molar-refractivity contribution is -0.136. The molecule has 2 aliphatic rings. The third-order valence-corrected chi connectivity index (χ3v) is 4.21. The van der Waals surface area contributed by atoms with Gasteiger partial charge in [-0.1, -0.05) is 0 Å². The van der Waals surface area contributed by atoms with Gasteiger partial charge in [0.05, 0.1) is 6.10 Å². The number of carbonyl (C=O) groups excluding carboxylic acids is 2. The van der Waals surface area contributed by atoms with Crippen LogP contribution in [0.4, 0.5) is 4.79 Å². The Labute approximate surface area is 125 Å². The molecule has 0 spiro atoms. The maximum Gasteiger partial charge on any atom is 0.315 e. The summed E-state index contributed by atoms with van der Waals surface area (Å²) >= 11 is 0. The Balaban J connectivity index is 1.62. The third kappa shape index (κ3) is 4.57. The van der Waals surface area contributed by atoms with E-state index >= 15 is 0 Å². The van der Waals surface area contributed by atoms with Gasteiger partial charge in [0.2, 0.25) is 5.91 Å². The van der Waals surface area contributed by atoms with E-state index in [1.807, 2.05) is 0 Å². The molecule has 0 unspecified atom stereocenters. The van der Waals surface area contributed by atoms with Crippen molar-refractivity contribution in [2.45, 2.75) is 43.9 Å². The molecular weight excluding hydrogens is 274 g/mol. The smallest absolute Gasteiger partial charge is 0.315 e. The maximum absolute atomic E-state index is 11.9. The second kappa shape index (κ2) is 7.61. The summed E-state index contributed by atoms with van der Waals surface area (Å²) in [4.78, 5) is 25.3. The normalized spacial score (nSPS) is 26.1. The lowest BCUT2D eigenvalue weighted by Gasteiger charge is -2.36. The number of nitrogens with zero attached hydrogens (tertiary/aromatic N) is 1. The summed E-state index contributed by atoms with van der Waals surface area (Å²) in [5, 5.41) is 5.93. The number of nitrogens with one attached hydrogen (secondary N) is 2. The van der Waals surface area contributed by atoms with Crippen LogP contribution in [0.15, 0.2) is 0 Å². The first-order chi connectivity index (χ1) is 10.1. The molecule has 1 saturated carbocycles. The minimum absolute atomic E-state index is 0.0143. The number of urea groups is 1. The Bertz CT molecular complexity index is 363. The van der Waals surface area contributed by atoms with Crippen LogP contribution in [0.25, 0.3) is 0 Å². The van der Waals surface area contributed by atoms with Crippen LogP contribution >= 0.6 is 0 Å². The van der Waals surface area contributed by atoms with Crippen LogP contribution in [-0.2, 0) is 14.3 Å². The molecule has 0 bridgehead atoms. The largest absolute Gasteiger partial charge is 0.381 e. The lowest BCUT2D eigenvalue weighted by Crippen LogP contribution is -2.54. The van der Waals surface area contributed by atoms with Crippen molar-refractivity contribution in [3.05, 3.63) is 0 Å². The van der Waals surface area contributed by atoms with Gasteiger partial charge in [0.1, 0.15) is 6.61 Å². The van der Waals surface area contributed by atoms with Crippen molar-refractivity contribution >= 4 is 11.9 Å². The molecule has 0 aromatic carbocycles. The second-order valence-corrected chi connectivity index (χ2v) is 5.73. The molecular formula is C14H25N3O4. The van der Waals surface area contributed by atoms with Crippen molar-refractivity contribution < 1.29 is 19.1 Å². The fourth-order valence-corrected chi connectivity index (χ4v) is 2.78. The van der Waals surface area contributed by atoms with Gasteiger partial charge in [-0.05, 0) is 25.7 Å². The SMILES string of the molecule is COCC(=O)N1CCC(NC(=O)NC2CC(OC)C2)CC1. The Morgan fingerprint density at radius 3 is 2.29 bits per heavy atom. The van der Waals surface area contributed by atoms with Crippen LogP contribution in [0.3, 0.4) is 0 Å². The number of hydrogen-bond donors (Lipinski definition) is 2.